The molecule has 0 spiro atoms. The van der Waals surface area contributed by atoms with Crippen molar-refractivity contribution in [2.24, 2.45) is 0 Å². The number of hydrogen-bond acceptors (Lipinski definition) is 5. The average molecular weight is 403 g/mol. The van der Waals surface area contributed by atoms with Crippen LogP contribution in [-0.4, -0.2) is 59.8 Å². The van der Waals surface area contributed by atoms with Gasteiger partial charge < -0.3 is 9.64 Å². The molecule has 2 aromatic carbocycles. The Bertz CT molecular complexity index is 936. The zero-order valence-corrected chi connectivity index (χ0v) is 16.9. The normalized spacial score (nSPS) is 21.4. The summed E-state index contributed by atoms with van der Waals surface area (Å²) in [4.78, 5) is 28.8. The molecular formula is C24H25N3O3. The Hall–Kier alpha value is -3.17. The molecule has 6 heteroatoms. The molecule has 4 rings (SSSR count). The second-order valence-electron chi connectivity index (χ2n) is 7.86. The fourth-order valence-corrected chi connectivity index (χ4v) is 4.15. The third-order valence-corrected chi connectivity index (χ3v) is 5.77. The molecule has 0 aliphatic carbocycles. The van der Waals surface area contributed by atoms with Gasteiger partial charge in [-0.15, -0.1) is 0 Å². The molecule has 6 nitrogen and oxygen atoms in total. The molecule has 0 unspecified atom stereocenters. The maximum Gasteiger partial charge on any atom is 0.237 e. The molecular weight excluding hydrogens is 378 g/mol. The van der Waals surface area contributed by atoms with Gasteiger partial charge in [0.1, 0.15) is 17.9 Å². The van der Waals surface area contributed by atoms with E-state index in [1.54, 1.807) is 17.0 Å². The summed E-state index contributed by atoms with van der Waals surface area (Å²) in [5, 5.41) is 9.17. The Labute approximate surface area is 176 Å². The van der Waals surface area contributed by atoms with Gasteiger partial charge in [-0.05, 0) is 43.5 Å². The summed E-state index contributed by atoms with van der Waals surface area (Å²) in [6.07, 6.45) is 2.54. The Kier molecular flexibility index (Phi) is 6.10. The van der Waals surface area contributed by atoms with Crippen LogP contribution < -0.4 is 4.74 Å². The number of benzene rings is 2. The SMILES string of the molecule is N#C[C@@H]1CCCN1C(=O)CN1CC[C@H](Oc2ccc(C(=O)c3ccccc3)cc2)C1. The van der Waals surface area contributed by atoms with Crippen LogP contribution in [0.25, 0.3) is 0 Å². The molecule has 0 aromatic heterocycles. The van der Waals surface area contributed by atoms with Crippen LogP contribution in [0.3, 0.4) is 0 Å². The fourth-order valence-electron chi connectivity index (χ4n) is 4.15. The minimum atomic E-state index is -0.274. The second-order valence-corrected chi connectivity index (χ2v) is 7.86. The van der Waals surface area contributed by atoms with Crippen molar-refractivity contribution >= 4 is 11.7 Å². The second kappa shape index (κ2) is 9.10. The number of carbonyl (C=O) groups excluding carboxylic acids is 2. The number of carbonyl (C=O) groups is 2. The highest BCUT2D eigenvalue weighted by molar-refractivity contribution is 6.08. The minimum absolute atomic E-state index is 0.00899. The van der Waals surface area contributed by atoms with Crippen molar-refractivity contribution in [3.8, 4) is 11.8 Å². The van der Waals surface area contributed by atoms with Crippen LogP contribution in [-0.2, 0) is 4.79 Å². The van der Waals surface area contributed by atoms with Crippen molar-refractivity contribution in [3.63, 3.8) is 0 Å². The molecule has 2 aliphatic rings. The summed E-state index contributed by atoms with van der Waals surface area (Å²) in [7, 11) is 0. The first-order valence-corrected chi connectivity index (χ1v) is 10.4. The molecule has 0 radical (unpaired) electrons. The zero-order valence-electron chi connectivity index (χ0n) is 16.9. The van der Waals surface area contributed by atoms with E-state index in [2.05, 4.69) is 11.0 Å². The summed E-state index contributed by atoms with van der Waals surface area (Å²) in [5.41, 5.74) is 1.30. The first-order chi connectivity index (χ1) is 14.6. The fraction of sp³-hybridized carbons (Fsp3) is 0.375. The maximum absolute atomic E-state index is 12.5. The van der Waals surface area contributed by atoms with E-state index in [0.717, 1.165) is 31.6 Å². The average Bonchev–Trinajstić information content (AvgIpc) is 3.43. The van der Waals surface area contributed by atoms with E-state index in [1.807, 2.05) is 42.5 Å². The van der Waals surface area contributed by atoms with Crippen LogP contribution in [0.15, 0.2) is 54.6 Å². The number of ketones is 1. The van der Waals surface area contributed by atoms with Crippen molar-refractivity contribution in [2.45, 2.75) is 31.4 Å². The molecule has 0 bridgehead atoms. The molecule has 0 N–H and O–H groups in total. The van der Waals surface area contributed by atoms with E-state index in [9.17, 15) is 14.9 Å². The predicted molar refractivity (Wildman–Crippen MR) is 112 cm³/mol. The van der Waals surface area contributed by atoms with Crippen LogP contribution in [0.2, 0.25) is 0 Å². The third kappa shape index (κ3) is 4.52. The first-order valence-electron chi connectivity index (χ1n) is 10.4. The summed E-state index contributed by atoms with van der Waals surface area (Å²) in [6.45, 7) is 2.50. The van der Waals surface area contributed by atoms with E-state index >= 15 is 0 Å². The van der Waals surface area contributed by atoms with Gasteiger partial charge in [-0.3, -0.25) is 14.5 Å². The third-order valence-electron chi connectivity index (χ3n) is 5.77. The molecule has 2 heterocycles. The van der Waals surface area contributed by atoms with Crippen LogP contribution in [0.4, 0.5) is 0 Å². The Morgan fingerprint density at radius 1 is 1.00 bits per heavy atom. The Balaban J connectivity index is 1.29. The van der Waals surface area contributed by atoms with Crippen LogP contribution in [0.5, 0.6) is 5.75 Å². The lowest BCUT2D eigenvalue weighted by Gasteiger charge is -2.23. The molecule has 30 heavy (non-hydrogen) atoms. The molecule has 2 aliphatic heterocycles. The van der Waals surface area contributed by atoms with E-state index in [4.69, 9.17) is 4.74 Å². The number of nitrogens with zero attached hydrogens (tertiary/aromatic N) is 3. The molecule has 2 aromatic rings. The van der Waals surface area contributed by atoms with Gasteiger partial charge in [0.05, 0.1) is 12.6 Å². The molecule has 2 atom stereocenters. The number of ether oxygens (including phenoxy) is 1. The summed E-state index contributed by atoms with van der Waals surface area (Å²) in [5.74, 6) is 0.746. The summed E-state index contributed by atoms with van der Waals surface area (Å²) < 4.78 is 6.07. The highest BCUT2D eigenvalue weighted by atomic mass is 16.5. The summed E-state index contributed by atoms with van der Waals surface area (Å²) in [6, 6.07) is 18.4. The van der Waals surface area contributed by atoms with Crippen LogP contribution in [0.1, 0.15) is 35.2 Å². The smallest absolute Gasteiger partial charge is 0.237 e. The van der Waals surface area contributed by atoms with Gasteiger partial charge >= 0.3 is 0 Å². The number of amides is 1. The number of hydrogen-bond donors (Lipinski definition) is 0. The largest absolute Gasteiger partial charge is 0.489 e. The van der Waals surface area contributed by atoms with E-state index in [1.165, 1.54) is 0 Å². The van der Waals surface area contributed by atoms with Gasteiger partial charge in [0.2, 0.25) is 5.91 Å². The Morgan fingerprint density at radius 3 is 2.47 bits per heavy atom. The molecule has 0 saturated carbocycles. The monoisotopic (exact) mass is 403 g/mol. The van der Waals surface area contributed by atoms with E-state index in [0.29, 0.717) is 30.8 Å². The van der Waals surface area contributed by atoms with Crippen LogP contribution >= 0.6 is 0 Å². The maximum atomic E-state index is 12.5. The minimum Gasteiger partial charge on any atom is -0.489 e. The number of rotatable bonds is 6. The van der Waals surface area contributed by atoms with Crippen LogP contribution in [0, 0.1) is 11.3 Å². The van der Waals surface area contributed by atoms with E-state index < -0.39 is 0 Å². The molecule has 154 valence electrons. The number of likely N-dealkylation sites (tertiary alicyclic amines) is 2. The van der Waals surface area contributed by atoms with Crippen molar-refractivity contribution in [3.05, 3.63) is 65.7 Å². The van der Waals surface area contributed by atoms with Gasteiger partial charge in [0.25, 0.3) is 0 Å². The highest BCUT2D eigenvalue weighted by Crippen LogP contribution is 2.21. The van der Waals surface area contributed by atoms with Gasteiger partial charge in [-0.1, -0.05) is 30.3 Å². The first kappa shape index (κ1) is 20.1. The van der Waals surface area contributed by atoms with Gasteiger partial charge in [-0.25, -0.2) is 0 Å². The lowest BCUT2D eigenvalue weighted by Crippen LogP contribution is -2.42. The Morgan fingerprint density at radius 2 is 1.73 bits per heavy atom. The van der Waals surface area contributed by atoms with Gasteiger partial charge in [-0.2, -0.15) is 5.26 Å². The van der Waals surface area contributed by atoms with Crippen molar-refractivity contribution in [1.29, 1.82) is 5.26 Å². The zero-order chi connectivity index (χ0) is 20.9. The van der Waals surface area contributed by atoms with E-state index in [-0.39, 0.29) is 23.8 Å². The molecule has 1 amide bonds. The lowest BCUT2D eigenvalue weighted by molar-refractivity contribution is -0.132. The highest BCUT2D eigenvalue weighted by Gasteiger charge is 2.32. The lowest BCUT2D eigenvalue weighted by atomic mass is 10.0. The standard InChI is InChI=1S/C24H25N3O3/c25-15-20-7-4-13-27(20)23(28)17-26-14-12-22(16-26)30-21-10-8-19(9-11-21)24(29)18-5-2-1-3-6-18/h1-3,5-6,8-11,20,22H,4,7,12-14,16-17H2/t20-,22-/m0/s1. The molecule has 2 fully saturated rings. The molecule has 2 saturated heterocycles. The summed E-state index contributed by atoms with van der Waals surface area (Å²) >= 11 is 0. The predicted octanol–water partition coefficient (Wildman–Crippen LogP) is 2.89. The van der Waals surface area contributed by atoms with Gasteiger partial charge in [0.15, 0.2) is 5.78 Å². The quantitative estimate of drug-likeness (QED) is 0.694. The van der Waals surface area contributed by atoms with Gasteiger partial charge in [0, 0.05) is 30.8 Å². The van der Waals surface area contributed by atoms with Crippen molar-refractivity contribution in [1.82, 2.24) is 9.80 Å². The van der Waals surface area contributed by atoms with Crippen molar-refractivity contribution < 1.29 is 14.3 Å². The van der Waals surface area contributed by atoms with Crippen molar-refractivity contribution in [2.75, 3.05) is 26.2 Å². The topological polar surface area (TPSA) is 73.6 Å². The number of nitriles is 1.